The highest BCUT2D eigenvalue weighted by atomic mass is 16.5. The summed E-state index contributed by atoms with van der Waals surface area (Å²) in [6.45, 7) is 2.85. The van der Waals surface area contributed by atoms with Crippen LogP contribution < -0.4 is 10.2 Å². The third kappa shape index (κ3) is 5.58. The Bertz CT molecular complexity index is 639. The Morgan fingerprint density at radius 3 is 2.61 bits per heavy atom. The predicted octanol–water partition coefficient (Wildman–Crippen LogP) is 4.02. The Labute approximate surface area is 137 Å². The maximum atomic E-state index is 11.9. The lowest BCUT2D eigenvalue weighted by atomic mass is 10.2. The molecule has 4 nitrogen and oxygen atoms in total. The number of amides is 1. The fraction of sp³-hybridized carbons (Fsp3) is 0.263. The number of ether oxygens (including phenoxy) is 1. The van der Waals surface area contributed by atoms with Crippen molar-refractivity contribution in [2.45, 2.75) is 26.2 Å². The minimum atomic E-state index is -0.233. The number of rotatable bonds is 8. The Balaban J connectivity index is 1.92. The van der Waals surface area contributed by atoms with E-state index in [1.165, 1.54) is 0 Å². The molecule has 0 saturated heterocycles. The molecule has 0 atom stereocenters. The first-order chi connectivity index (χ1) is 11.3. The van der Waals surface area contributed by atoms with Gasteiger partial charge in [0.25, 0.3) is 5.91 Å². The molecule has 0 unspecified atom stereocenters. The molecule has 23 heavy (non-hydrogen) atoms. The van der Waals surface area contributed by atoms with Crippen LogP contribution in [0.15, 0.2) is 59.7 Å². The molecular formula is C19H22N2O2. The maximum Gasteiger partial charge on any atom is 0.271 e. The highest BCUT2D eigenvalue weighted by Crippen LogP contribution is 2.16. The summed E-state index contributed by atoms with van der Waals surface area (Å²) in [5, 5.41) is 4.02. The van der Waals surface area contributed by atoms with Gasteiger partial charge >= 0.3 is 0 Å². The zero-order valence-electron chi connectivity index (χ0n) is 13.4. The SMILES string of the molecule is CCCCCOc1ccccc1/C=N/NC(=O)c1ccccc1. The molecule has 2 rings (SSSR count). The highest BCUT2D eigenvalue weighted by Gasteiger charge is 2.03. The molecule has 0 fully saturated rings. The van der Waals surface area contributed by atoms with Gasteiger partial charge in [0.15, 0.2) is 0 Å². The smallest absolute Gasteiger partial charge is 0.271 e. The molecule has 0 aromatic heterocycles. The fourth-order valence-corrected chi connectivity index (χ4v) is 2.07. The summed E-state index contributed by atoms with van der Waals surface area (Å²) in [6, 6.07) is 16.7. The van der Waals surface area contributed by atoms with Gasteiger partial charge in [0.05, 0.1) is 12.8 Å². The number of benzene rings is 2. The predicted molar refractivity (Wildman–Crippen MR) is 93.0 cm³/mol. The molecule has 1 amide bonds. The second kappa shape index (κ2) is 9.41. The van der Waals surface area contributed by atoms with Crippen LogP contribution in [0.1, 0.15) is 42.1 Å². The van der Waals surface area contributed by atoms with Crippen LogP contribution in [0.2, 0.25) is 0 Å². The first kappa shape index (κ1) is 16.7. The van der Waals surface area contributed by atoms with Crippen molar-refractivity contribution >= 4 is 12.1 Å². The molecule has 0 spiro atoms. The van der Waals surface area contributed by atoms with E-state index in [0.717, 1.165) is 30.6 Å². The van der Waals surface area contributed by atoms with E-state index in [1.54, 1.807) is 18.3 Å². The number of unbranched alkanes of at least 4 members (excludes halogenated alkanes) is 2. The molecule has 0 radical (unpaired) electrons. The standard InChI is InChI=1S/C19H22N2O2/c1-2-3-9-14-23-18-13-8-7-12-17(18)15-20-21-19(22)16-10-5-4-6-11-16/h4-8,10-13,15H,2-3,9,14H2,1H3,(H,21,22)/b20-15+. The molecule has 4 heteroatoms. The lowest BCUT2D eigenvalue weighted by Crippen LogP contribution is -2.17. The van der Waals surface area contributed by atoms with Gasteiger partial charge in [-0.25, -0.2) is 5.43 Å². The van der Waals surface area contributed by atoms with Crippen molar-refractivity contribution < 1.29 is 9.53 Å². The van der Waals surface area contributed by atoms with Crippen LogP contribution in [-0.4, -0.2) is 18.7 Å². The number of nitrogens with one attached hydrogen (secondary N) is 1. The van der Waals surface area contributed by atoms with Crippen molar-refractivity contribution in [2.75, 3.05) is 6.61 Å². The summed E-state index contributed by atoms with van der Waals surface area (Å²) in [7, 11) is 0. The molecule has 2 aromatic carbocycles. The monoisotopic (exact) mass is 310 g/mol. The lowest BCUT2D eigenvalue weighted by molar-refractivity contribution is 0.0955. The zero-order valence-corrected chi connectivity index (χ0v) is 13.4. The molecule has 120 valence electrons. The van der Waals surface area contributed by atoms with Crippen LogP contribution in [0.3, 0.4) is 0 Å². The number of hydrazone groups is 1. The van der Waals surface area contributed by atoms with E-state index < -0.39 is 0 Å². The van der Waals surface area contributed by atoms with Crippen molar-refractivity contribution in [3.05, 3.63) is 65.7 Å². The van der Waals surface area contributed by atoms with Gasteiger partial charge in [0.1, 0.15) is 5.75 Å². The van der Waals surface area contributed by atoms with E-state index in [4.69, 9.17) is 4.74 Å². The Hall–Kier alpha value is -2.62. The normalized spacial score (nSPS) is 10.7. The van der Waals surface area contributed by atoms with Gasteiger partial charge in [0.2, 0.25) is 0 Å². The number of para-hydroxylation sites is 1. The minimum absolute atomic E-state index is 0.233. The Kier molecular flexibility index (Phi) is 6.85. The van der Waals surface area contributed by atoms with Gasteiger partial charge in [-0.15, -0.1) is 0 Å². The average molecular weight is 310 g/mol. The molecule has 2 aromatic rings. The number of hydrogen-bond donors (Lipinski definition) is 1. The highest BCUT2D eigenvalue weighted by molar-refractivity contribution is 5.95. The van der Waals surface area contributed by atoms with Crippen LogP contribution in [0, 0.1) is 0 Å². The average Bonchev–Trinajstić information content (AvgIpc) is 2.60. The third-order valence-electron chi connectivity index (χ3n) is 3.33. The van der Waals surface area contributed by atoms with Crippen LogP contribution in [0.5, 0.6) is 5.75 Å². The zero-order chi connectivity index (χ0) is 16.3. The molecule has 0 aliphatic heterocycles. The van der Waals surface area contributed by atoms with E-state index in [-0.39, 0.29) is 5.91 Å². The Morgan fingerprint density at radius 2 is 1.83 bits per heavy atom. The van der Waals surface area contributed by atoms with Gasteiger partial charge in [-0.1, -0.05) is 50.1 Å². The van der Waals surface area contributed by atoms with Gasteiger partial charge in [-0.2, -0.15) is 5.10 Å². The molecule has 0 aliphatic rings. The summed E-state index contributed by atoms with van der Waals surface area (Å²) in [4.78, 5) is 11.9. The van der Waals surface area contributed by atoms with Crippen molar-refractivity contribution in [1.29, 1.82) is 0 Å². The van der Waals surface area contributed by atoms with E-state index in [2.05, 4.69) is 17.5 Å². The van der Waals surface area contributed by atoms with Gasteiger partial charge in [0, 0.05) is 11.1 Å². The molecule has 0 bridgehead atoms. The van der Waals surface area contributed by atoms with Crippen LogP contribution in [-0.2, 0) is 0 Å². The first-order valence-electron chi connectivity index (χ1n) is 7.91. The number of nitrogens with zero attached hydrogens (tertiary/aromatic N) is 1. The summed E-state index contributed by atoms with van der Waals surface area (Å²) in [5.41, 5.74) is 3.95. The van der Waals surface area contributed by atoms with Gasteiger partial charge in [-0.3, -0.25) is 4.79 Å². The van der Waals surface area contributed by atoms with E-state index in [0.29, 0.717) is 12.2 Å². The Morgan fingerprint density at radius 1 is 1.09 bits per heavy atom. The summed E-state index contributed by atoms with van der Waals surface area (Å²) in [6.07, 6.45) is 4.96. The van der Waals surface area contributed by atoms with Crippen molar-refractivity contribution in [2.24, 2.45) is 5.10 Å². The van der Waals surface area contributed by atoms with E-state index in [9.17, 15) is 4.79 Å². The molecule has 1 N–H and O–H groups in total. The molecule has 0 heterocycles. The van der Waals surface area contributed by atoms with Crippen LogP contribution >= 0.6 is 0 Å². The number of carbonyl (C=O) groups is 1. The van der Waals surface area contributed by atoms with Crippen molar-refractivity contribution in [3.63, 3.8) is 0 Å². The maximum absolute atomic E-state index is 11.9. The second-order valence-electron chi connectivity index (χ2n) is 5.16. The van der Waals surface area contributed by atoms with Crippen molar-refractivity contribution in [3.8, 4) is 5.75 Å². The first-order valence-corrected chi connectivity index (χ1v) is 7.91. The van der Waals surface area contributed by atoms with Gasteiger partial charge < -0.3 is 4.74 Å². The topological polar surface area (TPSA) is 50.7 Å². The minimum Gasteiger partial charge on any atom is -0.493 e. The van der Waals surface area contributed by atoms with Crippen LogP contribution in [0.4, 0.5) is 0 Å². The summed E-state index contributed by atoms with van der Waals surface area (Å²) < 4.78 is 5.78. The third-order valence-corrected chi connectivity index (χ3v) is 3.33. The van der Waals surface area contributed by atoms with Crippen molar-refractivity contribution in [1.82, 2.24) is 5.43 Å². The lowest BCUT2D eigenvalue weighted by Gasteiger charge is -2.08. The largest absolute Gasteiger partial charge is 0.493 e. The molecule has 0 saturated carbocycles. The van der Waals surface area contributed by atoms with Gasteiger partial charge in [-0.05, 0) is 30.7 Å². The molecule has 0 aliphatic carbocycles. The fourth-order valence-electron chi connectivity index (χ4n) is 2.07. The number of hydrogen-bond acceptors (Lipinski definition) is 3. The summed E-state index contributed by atoms with van der Waals surface area (Å²) >= 11 is 0. The van der Waals surface area contributed by atoms with E-state index >= 15 is 0 Å². The quantitative estimate of drug-likeness (QED) is 0.455. The summed E-state index contributed by atoms with van der Waals surface area (Å²) in [5.74, 6) is 0.546. The molecular weight excluding hydrogens is 288 g/mol. The number of carbonyl (C=O) groups excluding carboxylic acids is 1. The second-order valence-corrected chi connectivity index (χ2v) is 5.16. The van der Waals surface area contributed by atoms with E-state index in [1.807, 2.05) is 42.5 Å². The van der Waals surface area contributed by atoms with Crippen LogP contribution in [0.25, 0.3) is 0 Å².